The number of hydrogen-bond donors (Lipinski definition) is 0. The van der Waals surface area contributed by atoms with Crippen LogP contribution in [0.25, 0.3) is 0 Å². The SMILES string of the molecule is CN(C)CC(=O)N1Cc2cncn2C(COc2ccccn2)C1. The van der Waals surface area contributed by atoms with Crippen LogP contribution < -0.4 is 4.74 Å². The molecule has 3 rings (SSSR count). The van der Waals surface area contributed by atoms with Gasteiger partial charge in [0, 0.05) is 25.0 Å². The molecule has 0 saturated heterocycles. The second-order valence-electron chi connectivity index (χ2n) is 5.94. The third-order valence-corrected chi connectivity index (χ3v) is 3.79. The summed E-state index contributed by atoms with van der Waals surface area (Å²) in [6.07, 6.45) is 5.31. The molecule has 3 heterocycles. The van der Waals surface area contributed by atoms with Gasteiger partial charge in [-0.25, -0.2) is 9.97 Å². The quantitative estimate of drug-likeness (QED) is 0.817. The van der Waals surface area contributed by atoms with E-state index in [2.05, 4.69) is 14.5 Å². The number of hydrogen-bond acceptors (Lipinski definition) is 5. The Bertz CT molecular complexity index is 656. The summed E-state index contributed by atoms with van der Waals surface area (Å²) in [5.74, 6) is 0.705. The number of imidazole rings is 1. The van der Waals surface area contributed by atoms with Crippen molar-refractivity contribution in [3.63, 3.8) is 0 Å². The number of carbonyl (C=O) groups is 1. The average molecular weight is 315 g/mol. The molecule has 1 amide bonds. The number of likely N-dealkylation sites (N-methyl/N-ethyl adjacent to an activating group) is 1. The molecule has 122 valence electrons. The highest BCUT2D eigenvalue weighted by Gasteiger charge is 2.28. The zero-order valence-corrected chi connectivity index (χ0v) is 13.4. The lowest BCUT2D eigenvalue weighted by Gasteiger charge is -2.34. The molecule has 1 aliphatic rings. The lowest BCUT2D eigenvalue weighted by molar-refractivity contribution is -0.134. The first kappa shape index (κ1) is 15.5. The Kier molecular flexibility index (Phi) is 4.57. The van der Waals surface area contributed by atoms with Crippen LogP contribution in [0.4, 0.5) is 0 Å². The smallest absolute Gasteiger partial charge is 0.237 e. The van der Waals surface area contributed by atoms with E-state index >= 15 is 0 Å². The maximum absolute atomic E-state index is 12.4. The summed E-state index contributed by atoms with van der Waals surface area (Å²) >= 11 is 0. The summed E-state index contributed by atoms with van der Waals surface area (Å²) in [5.41, 5.74) is 1.03. The largest absolute Gasteiger partial charge is 0.475 e. The van der Waals surface area contributed by atoms with Crippen LogP contribution in [0, 0.1) is 0 Å². The maximum atomic E-state index is 12.4. The zero-order chi connectivity index (χ0) is 16.2. The van der Waals surface area contributed by atoms with Gasteiger partial charge in [-0.05, 0) is 20.2 Å². The van der Waals surface area contributed by atoms with E-state index in [1.807, 2.05) is 48.3 Å². The molecular weight excluding hydrogens is 294 g/mol. The highest BCUT2D eigenvalue weighted by Crippen LogP contribution is 2.22. The second kappa shape index (κ2) is 6.78. The molecule has 1 aliphatic heterocycles. The average Bonchev–Trinajstić information content (AvgIpc) is 3.01. The van der Waals surface area contributed by atoms with Crippen molar-refractivity contribution >= 4 is 5.91 Å². The molecule has 0 aromatic carbocycles. The van der Waals surface area contributed by atoms with Crippen molar-refractivity contribution in [1.82, 2.24) is 24.3 Å². The van der Waals surface area contributed by atoms with E-state index in [0.717, 1.165) is 5.69 Å². The molecule has 0 saturated carbocycles. The van der Waals surface area contributed by atoms with Crippen LogP contribution in [0.2, 0.25) is 0 Å². The second-order valence-corrected chi connectivity index (χ2v) is 5.94. The van der Waals surface area contributed by atoms with Crippen LogP contribution in [0.1, 0.15) is 11.7 Å². The first-order valence-electron chi connectivity index (χ1n) is 7.60. The van der Waals surface area contributed by atoms with Gasteiger partial charge in [-0.15, -0.1) is 0 Å². The molecule has 2 aromatic heterocycles. The van der Waals surface area contributed by atoms with Crippen LogP contribution in [0.5, 0.6) is 5.88 Å². The first-order valence-corrected chi connectivity index (χ1v) is 7.60. The van der Waals surface area contributed by atoms with Crippen molar-refractivity contribution in [3.05, 3.63) is 42.6 Å². The van der Waals surface area contributed by atoms with Crippen LogP contribution in [-0.4, -0.2) is 64.0 Å². The minimum Gasteiger partial charge on any atom is -0.475 e. The van der Waals surface area contributed by atoms with Crippen molar-refractivity contribution in [3.8, 4) is 5.88 Å². The number of nitrogens with zero attached hydrogens (tertiary/aromatic N) is 5. The van der Waals surface area contributed by atoms with Gasteiger partial charge in [-0.2, -0.15) is 0 Å². The van der Waals surface area contributed by atoms with Gasteiger partial charge in [-0.3, -0.25) is 4.79 Å². The van der Waals surface area contributed by atoms with E-state index < -0.39 is 0 Å². The lowest BCUT2D eigenvalue weighted by Crippen LogP contribution is -2.45. The highest BCUT2D eigenvalue weighted by atomic mass is 16.5. The minimum atomic E-state index is 0.0365. The number of fused-ring (bicyclic) bond motifs is 1. The molecule has 0 fully saturated rings. The van der Waals surface area contributed by atoms with Gasteiger partial charge >= 0.3 is 0 Å². The number of carbonyl (C=O) groups excluding carboxylic acids is 1. The molecule has 7 nitrogen and oxygen atoms in total. The van der Waals surface area contributed by atoms with Crippen molar-refractivity contribution in [1.29, 1.82) is 0 Å². The molecule has 2 aromatic rings. The standard InChI is InChI=1S/C16H21N5O2/c1-19(2)10-16(22)20-8-13-7-17-12-21(13)14(9-20)11-23-15-5-3-4-6-18-15/h3-7,12,14H,8-11H2,1-2H3. The van der Waals surface area contributed by atoms with Crippen molar-refractivity contribution in [2.75, 3.05) is 33.8 Å². The fraction of sp³-hybridized carbons (Fsp3) is 0.438. The van der Waals surface area contributed by atoms with E-state index in [4.69, 9.17) is 4.74 Å². The molecule has 0 bridgehead atoms. The number of rotatable bonds is 5. The molecule has 0 N–H and O–H groups in total. The molecular formula is C16H21N5O2. The maximum Gasteiger partial charge on any atom is 0.237 e. The summed E-state index contributed by atoms with van der Waals surface area (Å²) in [6, 6.07) is 5.60. The molecule has 0 aliphatic carbocycles. The van der Waals surface area contributed by atoms with E-state index in [-0.39, 0.29) is 11.9 Å². The van der Waals surface area contributed by atoms with E-state index in [1.165, 1.54) is 0 Å². The normalized spacial score (nSPS) is 17.2. The topological polar surface area (TPSA) is 63.5 Å². The Balaban J connectivity index is 1.70. The Morgan fingerprint density at radius 1 is 1.43 bits per heavy atom. The van der Waals surface area contributed by atoms with Crippen LogP contribution in [0.3, 0.4) is 0 Å². The zero-order valence-electron chi connectivity index (χ0n) is 13.4. The first-order chi connectivity index (χ1) is 11.1. The minimum absolute atomic E-state index is 0.0365. The van der Waals surface area contributed by atoms with E-state index in [9.17, 15) is 4.79 Å². The van der Waals surface area contributed by atoms with Crippen molar-refractivity contribution in [2.24, 2.45) is 0 Å². The molecule has 23 heavy (non-hydrogen) atoms. The molecule has 1 atom stereocenters. The summed E-state index contributed by atoms with van der Waals surface area (Å²) < 4.78 is 7.86. The lowest BCUT2D eigenvalue weighted by atomic mass is 10.2. The Morgan fingerprint density at radius 3 is 3.04 bits per heavy atom. The third kappa shape index (κ3) is 3.68. The molecule has 1 unspecified atom stereocenters. The van der Waals surface area contributed by atoms with Gasteiger partial charge in [0.1, 0.15) is 6.61 Å². The Morgan fingerprint density at radius 2 is 2.30 bits per heavy atom. The van der Waals surface area contributed by atoms with Crippen molar-refractivity contribution < 1.29 is 9.53 Å². The number of aromatic nitrogens is 3. The van der Waals surface area contributed by atoms with Gasteiger partial charge < -0.3 is 19.1 Å². The fourth-order valence-corrected chi connectivity index (χ4v) is 2.69. The van der Waals surface area contributed by atoms with Crippen molar-refractivity contribution in [2.45, 2.75) is 12.6 Å². The summed E-state index contributed by atoms with van der Waals surface area (Å²) in [6.45, 7) is 2.06. The number of pyridine rings is 1. The molecule has 7 heteroatoms. The van der Waals surface area contributed by atoms with Gasteiger partial charge in [0.25, 0.3) is 0 Å². The summed E-state index contributed by atoms with van der Waals surface area (Å²) in [7, 11) is 3.79. The van der Waals surface area contributed by atoms with Gasteiger partial charge in [0.05, 0.1) is 31.2 Å². The van der Waals surface area contributed by atoms with Crippen LogP contribution in [-0.2, 0) is 11.3 Å². The van der Waals surface area contributed by atoms with Gasteiger partial charge in [0.2, 0.25) is 11.8 Å². The number of amides is 1. The van der Waals surface area contributed by atoms with Crippen LogP contribution >= 0.6 is 0 Å². The van der Waals surface area contributed by atoms with Gasteiger partial charge in [0.15, 0.2) is 0 Å². The summed E-state index contributed by atoms with van der Waals surface area (Å²) in [5, 5.41) is 0. The van der Waals surface area contributed by atoms with Gasteiger partial charge in [-0.1, -0.05) is 6.07 Å². The summed E-state index contributed by atoms with van der Waals surface area (Å²) in [4.78, 5) is 24.5. The fourth-order valence-electron chi connectivity index (χ4n) is 2.69. The van der Waals surface area contributed by atoms with Crippen LogP contribution in [0.15, 0.2) is 36.9 Å². The predicted molar refractivity (Wildman–Crippen MR) is 85.0 cm³/mol. The highest BCUT2D eigenvalue weighted by molar-refractivity contribution is 5.78. The third-order valence-electron chi connectivity index (χ3n) is 3.79. The van der Waals surface area contributed by atoms with E-state index in [0.29, 0.717) is 32.1 Å². The molecule has 0 spiro atoms. The molecule has 0 radical (unpaired) electrons. The monoisotopic (exact) mass is 315 g/mol. The number of ether oxygens (including phenoxy) is 1. The predicted octanol–water partition coefficient (Wildman–Crippen LogP) is 0.802. The Hall–Kier alpha value is -2.41. The van der Waals surface area contributed by atoms with E-state index in [1.54, 1.807) is 12.5 Å². The Labute approximate surface area is 135 Å².